The fraction of sp³-hybridized carbons (Fsp3) is 0.391. The van der Waals surface area contributed by atoms with E-state index in [1.165, 1.54) is 4.90 Å². The van der Waals surface area contributed by atoms with E-state index in [-0.39, 0.29) is 24.5 Å². The lowest BCUT2D eigenvalue weighted by atomic mass is 10.0. The van der Waals surface area contributed by atoms with Crippen molar-refractivity contribution < 1.29 is 19.1 Å². The summed E-state index contributed by atoms with van der Waals surface area (Å²) >= 11 is 0. The van der Waals surface area contributed by atoms with Gasteiger partial charge in [0.1, 0.15) is 11.5 Å². The topological polar surface area (TPSA) is 67.9 Å². The Morgan fingerprint density at radius 2 is 1.83 bits per heavy atom. The number of amides is 2. The van der Waals surface area contributed by atoms with Crippen LogP contribution in [-0.4, -0.2) is 43.5 Å². The van der Waals surface area contributed by atoms with E-state index in [4.69, 9.17) is 9.47 Å². The third-order valence-corrected chi connectivity index (χ3v) is 4.54. The van der Waals surface area contributed by atoms with E-state index in [1.54, 1.807) is 27.1 Å². The summed E-state index contributed by atoms with van der Waals surface area (Å²) in [7, 11) is 3.37. The van der Waals surface area contributed by atoms with E-state index >= 15 is 0 Å². The van der Waals surface area contributed by atoms with E-state index in [2.05, 4.69) is 5.32 Å². The first-order chi connectivity index (χ1) is 13.8. The SMILES string of the molecule is CCC(NC(=O)C(C)Oc1cccc(C)c1)c1ccccc1OCC(=O)N(C)C. The molecule has 29 heavy (non-hydrogen) atoms. The molecule has 2 atom stereocenters. The number of para-hydroxylation sites is 1. The maximum atomic E-state index is 12.7. The molecule has 156 valence electrons. The van der Waals surface area contributed by atoms with Crippen LogP contribution in [0.1, 0.15) is 37.4 Å². The Morgan fingerprint density at radius 3 is 2.48 bits per heavy atom. The second-order valence-electron chi connectivity index (χ2n) is 7.16. The average Bonchev–Trinajstić information content (AvgIpc) is 2.70. The van der Waals surface area contributed by atoms with Crippen molar-refractivity contribution in [1.29, 1.82) is 0 Å². The fourth-order valence-corrected chi connectivity index (χ4v) is 2.80. The fourth-order valence-electron chi connectivity index (χ4n) is 2.80. The Kier molecular flexibility index (Phi) is 8.07. The van der Waals surface area contributed by atoms with Crippen LogP contribution in [0, 0.1) is 6.92 Å². The second-order valence-corrected chi connectivity index (χ2v) is 7.16. The maximum absolute atomic E-state index is 12.7. The van der Waals surface area contributed by atoms with Crippen molar-refractivity contribution in [2.45, 2.75) is 39.3 Å². The van der Waals surface area contributed by atoms with Crippen molar-refractivity contribution in [3.63, 3.8) is 0 Å². The number of carbonyl (C=O) groups excluding carboxylic acids is 2. The molecule has 0 radical (unpaired) electrons. The quantitative estimate of drug-likeness (QED) is 0.702. The summed E-state index contributed by atoms with van der Waals surface area (Å²) in [6, 6.07) is 14.8. The summed E-state index contributed by atoms with van der Waals surface area (Å²) in [6.45, 7) is 5.63. The van der Waals surface area contributed by atoms with Gasteiger partial charge in [0, 0.05) is 19.7 Å². The molecule has 2 aromatic carbocycles. The number of rotatable bonds is 9. The molecule has 6 heteroatoms. The van der Waals surface area contributed by atoms with Gasteiger partial charge in [0.15, 0.2) is 12.7 Å². The number of aryl methyl sites for hydroxylation is 1. The summed E-state index contributed by atoms with van der Waals surface area (Å²) in [4.78, 5) is 26.0. The molecule has 0 fully saturated rings. The van der Waals surface area contributed by atoms with Crippen molar-refractivity contribution in [2.75, 3.05) is 20.7 Å². The predicted molar refractivity (Wildman–Crippen MR) is 113 cm³/mol. The van der Waals surface area contributed by atoms with Crippen LogP contribution in [0.4, 0.5) is 0 Å². The van der Waals surface area contributed by atoms with Gasteiger partial charge in [-0.2, -0.15) is 0 Å². The molecule has 6 nitrogen and oxygen atoms in total. The van der Waals surface area contributed by atoms with Crippen LogP contribution in [0.2, 0.25) is 0 Å². The standard InChI is InChI=1S/C23H30N2O4/c1-6-20(19-12-7-8-13-21(19)28-15-22(26)25(4)5)24-23(27)17(3)29-18-11-9-10-16(2)14-18/h7-14,17,20H,6,15H2,1-5H3,(H,24,27). The Hall–Kier alpha value is -3.02. The molecule has 0 saturated heterocycles. The highest BCUT2D eigenvalue weighted by Crippen LogP contribution is 2.27. The molecule has 0 aliphatic rings. The van der Waals surface area contributed by atoms with E-state index in [1.807, 2.05) is 56.3 Å². The number of hydrogen-bond donors (Lipinski definition) is 1. The monoisotopic (exact) mass is 398 g/mol. The Labute approximate surface area is 172 Å². The van der Waals surface area contributed by atoms with Gasteiger partial charge in [-0.1, -0.05) is 37.3 Å². The molecule has 0 bridgehead atoms. The lowest BCUT2D eigenvalue weighted by molar-refractivity contribution is -0.131. The molecule has 0 saturated carbocycles. The molecule has 1 N–H and O–H groups in total. The molecule has 0 aliphatic carbocycles. The van der Waals surface area contributed by atoms with Crippen LogP contribution in [0.3, 0.4) is 0 Å². The zero-order valence-corrected chi connectivity index (χ0v) is 17.8. The van der Waals surface area contributed by atoms with Gasteiger partial charge in [-0.3, -0.25) is 9.59 Å². The lowest BCUT2D eigenvalue weighted by Gasteiger charge is -2.23. The normalized spacial score (nSPS) is 12.6. The summed E-state index contributed by atoms with van der Waals surface area (Å²) in [5.74, 6) is 0.906. The average molecular weight is 399 g/mol. The summed E-state index contributed by atoms with van der Waals surface area (Å²) in [5, 5.41) is 3.03. The first-order valence-corrected chi connectivity index (χ1v) is 9.77. The van der Waals surface area contributed by atoms with Gasteiger partial charge in [0.05, 0.1) is 6.04 Å². The minimum Gasteiger partial charge on any atom is -0.483 e. The number of benzene rings is 2. The van der Waals surface area contributed by atoms with Crippen molar-refractivity contribution in [2.24, 2.45) is 0 Å². The highest BCUT2D eigenvalue weighted by atomic mass is 16.5. The Bertz CT molecular complexity index is 835. The maximum Gasteiger partial charge on any atom is 0.261 e. The molecule has 2 aromatic rings. The number of likely N-dealkylation sites (N-methyl/N-ethyl adjacent to an activating group) is 1. The molecule has 0 aromatic heterocycles. The van der Waals surface area contributed by atoms with E-state index < -0.39 is 6.10 Å². The number of nitrogens with one attached hydrogen (secondary N) is 1. The van der Waals surface area contributed by atoms with E-state index in [0.717, 1.165) is 11.1 Å². The number of nitrogens with zero attached hydrogens (tertiary/aromatic N) is 1. The zero-order chi connectivity index (χ0) is 21.4. The van der Waals surface area contributed by atoms with Crippen molar-refractivity contribution in [1.82, 2.24) is 10.2 Å². The number of ether oxygens (including phenoxy) is 2. The van der Waals surface area contributed by atoms with Gasteiger partial charge in [-0.05, 0) is 44.0 Å². The Morgan fingerprint density at radius 1 is 1.10 bits per heavy atom. The van der Waals surface area contributed by atoms with Gasteiger partial charge in [-0.15, -0.1) is 0 Å². The van der Waals surface area contributed by atoms with Gasteiger partial charge < -0.3 is 19.7 Å². The van der Waals surface area contributed by atoms with Gasteiger partial charge in [-0.25, -0.2) is 0 Å². The molecule has 0 aliphatic heterocycles. The van der Waals surface area contributed by atoms with E-state index in [0.29, 0.717) is 17.9 Å². The number of hydrogen-bond acceptors (Lipinski definition) is 4. The molecule has 2 rings (SSSR count). The second kappa shape index (κ2) is 10.5. The summed E-state index contributed by atoms with van der Waals surface area (Å²) < 4.78 is 11.5. The van der Waals surface area contributed by atoms with Crippen LogP contribution in [0.15, 0.2) is 48.5 Å². The van der Waals surface area contributed by atoms with Crippen molar-refractivity contribution >= 4 is 11.8 Å². The first-order valence-electron chi connectivity index (χ1n) is 9.77. The minimum absolute atomic E-state index is 0.0543. The third-order valence-electron chi connectivity index (χ3n) is 4.54. The van der Waals surface area contributed by atoms with Crippen LogP contribution in [-0.2, 0) is 9.59 Å². The number of carbonyl (C=O) groups is 2. The summed E-state index contributed by atoms with van der Waals surface area (Å²) in [5.41, 5.74) is 1.90. The van der Waals surface area contributed by atoms with Gasteiger partial charge >= 0.3 is 0 Å². The van der Waals surface area contributed by atoms with Crippen molar-refractivity contribution in [3.8, 4) is 11.5 Å². The van der Waals surface area contributed by atoms with Gasteiger partial charge in [0.25, 0.3) is 11.8 Å². The summed E-state index contributed by atoms with van der Waals surface area (Å²) in [6.07, 6.45) is 0.0273. The molecule has 0 heterocycles. The third kappa shape index (κ3) is 6.52. The van der Waals surface area contributed by atoms with E-state index in [9.17, 15) is 9.59 Å². The highest BCUT2D eigenvalue weighted by Gasteiger charge is 2.22. The lowest BCUT2D eigenvalue weighted by Crippen LogP contribution is -2.38. The first kappa shape index (κ1) is 22.3. The molecular formula is C23H30N2O4. The van der Waals surface area contributed by atoms with Crippen molar-refractivity contribution in [3.05, 3.63) is 59.7 Å². The van der Waals surface area contributed by atoms with Crippen LogP contribution < -0.4 is 14.8 Å². The molecular weight excluding hydrogens is 368 g/mol. The van der Waals surface area contributed by atoms with Crippen LogP contribution in [0.5, 0.6) is 11.5 Å². The highest BCUT2D eigenvalue weighted by molar-refractivity contribution is 5.81. The predicted octanol–water partition coefficient (Wildman–Crippen LogP) is 3.50. The molecule has 2 unspecified atom stereocenters. The molecule has 2 amide bonds. The Balaban J connectivity index is 2.07. The van der Waals surface area contributed by atoms with Gasteiger partial charge in [0.2, 0.25) is 0 Å². The largest absolute Gasteiger partial charge is 0.483 e. The smallest absolute Gasteiger partial charge is 0.261 e. The zero-order valence-electron chi connectivity index (χ0n) is 17.8. The molecule has 0 spiro atoms. The minimum atomic E-state index is -0.644. The van der Waals surface area contributed by atoms with Crippen LogP contribution >= 0.6 is 0 Å². The van der Waals surface area contributed by atoms with Crippen LogP contribution in [0.25, 0.3) is 0 Å².